The third-order valence-corrected chi connectivity index (χ3v) is 3.81. The van der Waals surface area contributed by atoms with Crippen LogP contribution in [0.1, 0.15) is 12.8 Å². The molecule has 114 valence electrons. The fraction of sp³-hybridized carbons (Fsp3) is 0.467. The van der Waals surface area contributed by atoms with Crippen LogP contribution in [0.3, 0.4) is 0 Å². The van der Waals surface area contributed by atoms with E-state index in [0.717, 1.165) is 18.5 Å². The third kappa shape index (κ3) is 4.11. The Morgan fingerprint density at radius 2 is 1.95 bits per heavy atom. The van der Waals surface area contributed by atoms with E-state index in [2.05, 4.69) is 5.32 Å². The molecule has 0 spiro atoms. The molecule has 1 aliphatic heterocycles. The van der Waals surface area contributed by atoms with Gasteiger partial charge in [-0.2, -0.15) is 0 Å². The minimum absolute atomic E-state index is 0.0426. The molecule has 1 aliphatic rings. The summed E-state index contributed by atoms with van der Waals surface area (Å²) in [5.41, 5.74) is 0.723. The molecule has 1 N–H and O–H groups in total. The molecule has 0 saturated carbocycles. The predicted octanol–water partition coefficient (Wildman–Crippen LogP) is 2.67. The summed E-state index contributed by atoms with van der Waals surface area (Å²) in [6, 6.07) is 6.97. The van der Waals surface area contributed by atoms with E-state index < -0.39 is 0 Å². The van der Waals surface area contributed by atoms with Crippen LogP contribution in [0.2, 0.25) is 5.02 Å². The largest absolute Gasteiger partial charge is 0.331 e. The van der Waals surface area contributed by atoms with E-state index in [9.17, 15) is 9.59 Å². The Hall–Kier alpha value is -1.75. The molecular formula is C15H20ClN3O2. The molecule has 1 aromatic carbocycles. The molecule has 1 atom stereocenters. The minimum Gasteiger partial charge on any atom is -0.331 e. The van der Waals surface area contributed by atoms with Crippen LogP contribution in [0.15, 0.2) is 24.3 Å². The fourth-order valence-electron chi connectivity index (χ4n) is 2.43. The lowest BCUT2D eigenvalue weighted by Crippen LogP contribution is -2.47. The van der Waals surface area contributed by atoms with Crippen molar-refractivity contribution in [3.63, 3.8) is 0 Å². The summed E-state index contributed by atoms with van der Waals surface area (Å²) in [4.78, 5) is 27.5. The summed E-state index contributed by atoms with van der Waals surface area (Å²) in [5, 5.41) is 3.51. The maximum Gasteiger partial charge on any atom is 0.319 e. The number of benzene rings is 1. The SMILES string of the molecule is CN(C)C(=O)N1CCC[C@H](C(=O)Nc2ccc(Cl)cc2)C1. The summed E-state index contributed by atoms with van der Waals surface area (Å²) in [6.45, 7) is 1.18. The smallest absolute Gasteiger partial charge is 0.319 e. The van der Waals surface area contributed by atoms with Crippen LogP contribution < -0.4 is 5.32 Å². The number of anilines is 1. The van der Waals surface area contributed by atoms with Crippen LogP contribution in [-0.4, -0.2) is 48.9 Å². The number of carbonyl (C=O) groups excluding carboxylic acids is 2. The monoisotopic (exact) mass is 309 g/mol. The van der Waals surface area contributed by atoms with Crippen molar-refractivity contribution in [2.75, 3.05) is 32.5 Å². The van der Waals surface area contributed by atoms with Crippen LogP contribution in [0.5, 0.6) is 0 Å². The molecule has 0 aromatic heterocycles. The van der Waals surface area contributed by atoms with Crippen LogP contribution in [0, 0.1) is 5.92 Å². The van der Waals surface area contributed by atoms with Gasteiger partial charge in [-0.25, -0.2) is 4.79 Å². The van der Waals surface area contributed by atoms with Crippen molar-refractivity contribution in [2.45, 2.75) is 12.8 Å². The second-order valence-corrected chi connectivity index (χ2v) is 5.89. The molecular weight excluding hydrogens is 290 g/mol. The minimum atomic E-state index is -0.168. The van der Waals surface area contributed by atoms with Gasteiger partial charge in [0.05, 0.1) is 5.92 Å². The van der Waals surface area contributed by atoms with Gasteiger partial charge in [0.1, 0.15) is 0 Å². The first-order chi connectivity index (χ1) is 9.97. The number of rotatable bonds is 2. The van der Waals surface area contributed by atoms with Gasteiger partial charge < -0.3 is 15.1 Å². The molecule has 0 aliphatic carbocycles. The predicted molar refractivity (Wildman–Crippen MR) is 83.5 cm³/mol. The molecule has 3 amide bonds. The number of hydrogen-bond acceptors (Lipinski definition) is 2. The van der Waals surface area contributed by atoms with Gasteiger partial charge in [0.15, 0.2) is 0 Å². The zero-order valence-electron chi connectivity index (χ0n) is 12.3. The molecule has 21 heavy (non-hydrogen) atoms. The van der Waals surface area contributed by atoms with E-state index in [1.54, 1.807) is 48.2 Å². The first-order valence-corrected chi connectivity index (χ1v) is 7.38. The van der Waals surface area contributed by atoms with Gasteiger partial charge in [0.2, 0.25) is 5.91 Å². The lowest BCUT2D eigenvalue weighted by Gasteiger charge is -2.33. The van der Waals surface area contributed by atoms with Crippen LogP contribution in [0.25, 0.3) is 0 Å². The normalized spacial score (nSPS) is 18.2. The van der Waals surface area contributed by atoms with Gasteiger partial charge >= 0.3 is 6.03 Å². The van der Waals surface area contributed by atoms with E-state index in [1.165, 1.54) is 0 Å². The average molecular weight is 310 g/mol. The van der Waals surface area contributed by atoms with Gasteiger partial charge in [-0.15, -0.1) is 0 Å². The van der Waals surface area contributed by atoms with Crippen LogP contribution in [0.4, 0.5) is 10.5 Å². The van der Waals surface area contributed by atoms with Crippen molar-refractivity contribution in [3.8, 4) is 0 Å². The van der Waals surface area contributed by atoms with Gasteiger partial charge in [-0.1, -0.05) is 11.6 Å². The van der Waals surface area contributed by atoms with Gasteiger partial charge in [0, 0.05) is 37.9 Å². The number of nitrogens with zero attached hydrogens (tertiary/aromatic N) is 2. The summed E-state index contributed by atoms with van der Waals surface area (Å²) >= 11 is 5.82. The number of carbonyl (C=O) groups is 2. The Morgan fingerprint density at radius 3 is 2.57 bits per heavy atom. The van der Waals surface area contributed by atoms with Crippen molar-refractivity contribution in [3.05, 3.63) is 29.3 Å². The van der Waals surface area contributed by atoms with E-state index >= 15 is 0 Å². The topological polar surface area (TPSA) is 52.7 Å². The number of nitrogens with one attached hydrogen (secondary N) is 1. The molecule has 5 nitrogen and oxygen atoms in total. The Bertz CT molecular complexity index is 516. The van der Waals surface area contributed by atoms with Crippen molar-refractivity contribution in [2.24, 2.45) is 5.92 Å². The number of urea groups is 1. The standard InChI is InChI=1S/C15H20ClN3O2/c1-18(2)15(21)19-9-3-4-11(10-19)14(20)17-13-7-5-12(16)6-8-13/h5-8,11H,3-4,9-10H2,1-2H3,(H,17,20)/t11-/m0/s1. The maximum absolute atomic E-state index is 12.3. The molecule has 2 rings (SSSR count). The molecule has 0 bridgehead atoms. The number of likely N-dealkylation sites (tertiary alicyclic amines) is 1. The zero-order chi connectivity index (χ0) is 15.4. The number of hydrogen-bond donors (Lipinski definition) is 1. The summed E-state index contributed by atoms with van der Waals surface area (Å²) in [6.07, 6.45) is 1.65. The van der Waals surface area contributed by atoms with E-state index in [4.69, 9.17) is 11.6 Å². The Kier molecular flexibility index (Phi) is 5.07. The van der Waals surface area contributed by atoms with Crippen molar-refractivity contribution in [1.29, 1.82) is 0 Å². The van der Waals surface area contributed by atoms with E-state index in [-0.39, 0.29) is 17.9 Å². The lowest BCUT2D eigenvalue weighted by atomic mass is 9.97. The molecule has 6 heteroatoms. The molecule has 1 heterocycles. The van der Waals surface area contributed by atoms with Gasteiger partial charge in [-0.3, -0.25) is 4.79 Å². The van der Waals surface area contributed by atoms with E-state index in [1.807, 2.05) is 0 Å². The Morgan fingerprint density at radius 1 is 1.29 bits per heavy atom. The summed E-state index contributed by atoms with van der Waals surface area (Å²) in [7, 11) is 3.44. The van der Waals surface area contributed by atoms with Crippen LogP contribution in [-0.2, 0) is 4.79 Å². The van der Waals surface area contributed by atoms with Gasteiger partial charge in [0.25, 0.3) is 0 Å². The summed E-state index contributed by atoms with van der Waals surface area (Å²) < 4.78 is 0. The molecule has 0 unspecified atom stereocenters. The first kappa shape index (κ1) is 15.6. The van der Waals surface area contributed by atoms with E-state index in [0.29, 0.717) is 18.1 Å². The van der Waals surface area contributed by atoms with Crippen molar-refractivity contribution in [1.82, 2.24) is 9.80 Å². The Labute approximate surface area is 129 Å². The second kappa shape index (κ2) is 6.80. The van der Waals surface area contributed by atoms with Crippen molar-refractivity contribution < 1.29 is 9.59 Å². The first-order valence-electron chi connectivity index (χ1n) is 7.00. The van der Waals surface area contributed by atoms with Crippen LogP contribution >= 0.6 is 11.6 Å². The molecule has 1 saturated heterocycles. The number of piperidine rings is 1. The maximum atomic E-state index is 12.3. The second-order valence-electron chi connectivity index (χ2n) is 5.46. The molecule has 1 aromatic rings. The highest BCUT2D eigenvalue weighted by atomic mass is 35.5. The number of halogens is 1. The number of amides is 3. The highest BCUT2D eigenvalue weighted by Gasteiger charge is 2.29. The van der Waals surface area contributed by atoms with Crippen molar-refractivity contribution >= 4 is 29.2 Å². The molecule has 0 radical (unpaired) electrons. The lowest BCUT2D eigenvalue weighted by molar-refractivity contribution is -0.121. The zero-order valence-corrected chi connectivity index (χ0v) is 13.1. The third-order valence-electron chi connectivity index (χ3n) is 3.56. The molecule has 1 fully saturated rings. The summed E-state index contributed by atoms with van der Waals surface area (Å²) in [5.74, 6) is -0.216. The Balaban J connectivity index is 1.96. The van der Waals surface area contributed by atoms with Gasteiger partial charge in [-0.05, 0) is 37.1 Å². The average Bonchev–Trinajstić information content (AvgIpc) is 2.48. The highest BCUT2D eigenvalue weighted by molar-refractivity contribution is 6.30. The quantitative estimate of drug-likeness (QED) is 0.913. The fourth-order valence-corrected chi connectivity index (χ4v) is 2.55. The highest BCUT2D eigenvalue weighted by Crippen LogP contribution is 2.20.